The van der Waals surface area contributed by atoms with Gasteiger partial charge in [-0.3, -0.25) is 4.79 Å². The van der Waals surface area contributed by atoms with Crippen molar-refractivity contribution in [1.82, 2.24) is 5.32 Å². The Hall–Kier alpha value is -1.75. The molecule has 1 spiro atoms. The van der Waals surface area contributed by atoms with Crippen LogP contribution in [0, 0.1) is 28.6 Å². The number of para-hydroxylation sites is 1. The Kier molecular flexibility index (Phi) is 5.09. The fourth-order valence-corrected chi connectivity index (χ4v) is 6.62. The Bertz CT molecular complexity index is 789. The molecule has 160 valence electrons. The third-order valence-corrected chi connectivity index (χ3v) is 7.96. The molecule has 2 saturated carbocycles. The molecule has 1 heterocycles. The van der Waals surface area contributed by atoms with E-state index in [-0.39, 0.29) is 40.6 Å². The number of phenolic OH excluding ortho intramolecular Hbond substituents is 1. The molecule has 3 fully saturated rings. The van der Waals surface area contributed by atoms with Crippen LogP contribution >= 0.6 is 0 Å². The number of nitrogens with one attached hydrogen (secondary N) is 1. The smallest absolute Gasteiger partial charge is 0.220 e. The lowest BCUT2D eigenvalue weighted by atomic mass is 9.58. The van der Waals surface area contributed by atoms with E-state index in [1.54, 1.807) is 13.2 Å². The number of carbonyl (C=O) groups is 1. The van der Waals surface area contributed by atoms with Crippen LogP contribution < -0.4 is 10.1 Å². The summed E-state index contributed by atoms with van der Waals surface area (Å²) in [6.07, 6.45) is 3.57. The van der Waals surface area contributed by atoms with Crippen molar-refractivity contribution >= 4 is 5.91 Å². The zero-order valence-electron chi connectivity index (χ0n) is 18.3. The summed E-state index contributed by atoms with van der Waals surface area (Å²) in [6, 6.07) is 5.78. The molecule has 1 aromatic rings. The van der Waals surface area contributed by atoms with E-state index < -0.39 is 0 Å². The number of hydrogen-bond donors (Lipinski definition) is 2. The van der Waals surface area contributed by atoms with Gasteiger partial charge in [0.2, 0.25) is 5.91 Å². The number of hydrogen-bond acceptors (Lipinski definition) is 4. The van der Waals surface area contributed by atoms with Crippen molar-refractivity contribution in [2.24, 2.45) is 28.6 Å². The van der Waals surface area contributed by atoms with Crippen molar-refractivity contribution in [2.75, 3.05) is 13.7 Å². The Balaban J connectivity index is 1.68. The minimum Gasteiger partial charge on any atom is -0.504 e. The molecule has 3 aliphatic rings. The van der Waals surface area contributed by atoms with Crippen LogP contribution in [0.1, 0.15) is 65.0 Å². The number of ether oxygens (including phenoxy) is 2. The van der Waals surface area contributed by atoms with E-state index in [0.29, 0.717) is 30.6 Å². The topological polar surface area (TPSA) is 67.8 Å². The molecule has 4 rings (SSSR count). The van der Waals surface area contributed by atoms with Crippen LogP contribution in [0.4, 0.5) is 0 Å². The van der Waals surface area contributed by atoms with E-state index in [9.17, 15) is 9.90 Å². The molecule has 2 aliphatic carbocycles. The van der Waals surface area contributed by atoms with Gasteiger partial charge in [-0.15, -0.1) is 0 Å². The van der Waals surface area contributed by atoms with E-state index in [1.165, 1.54) is 0 Å². The molecule has 1 aliphatic heterocycles. The molecule has 1 aromatic carbocycles. The van der Waals surface area contributed by atoms with Gasteiger partial charge in [-0.25, -0.2) is 0 Å². The predicted molar refractivity (Wildman–Crippen MR) is 112 cm³/mol. The summed E-state index contributed by atoms with van der Waals surface area (Å²) in [5, 5.41) is 14.2. The molecular weight excluding hydrogens is 366 g/mol. The molecule has 0 aromatic heterocycles. The van der Waals surface area contributed by atoms with Crippen LogP contribution in [0.15, 0.2) is 18.2 Å². The van der Waals surface area contributed by atoms with E-state index in [1.807, 2.05) is 12.1 Å². The minimum absolute atomic E-state index is 0.0270. The Morgan fingerprint density at radius 3 is 2.83 bits per heavy atom. The lowest BCUT2D eigenvalue weighted by Gasteiger charge is -2.53. The zero-order chi connectivity index (χ0) is 21.0. The second-order valence-electron chi connectivity index (χ2n) is 10.3. The fraction of sp³-hybridized carbons (Fsp3) is 0.708. The van der Waals surface area contributed by atoms with Gasteiger partial charge in [0.15, 0.2) is 11.5 Å². The van der Waals surface area contributed by atoms with Crippen LogP contribution in [-0.4, -0.2) is 30.8 Å². The first kappa shape index (κ1) is 20.5. The number of carbonyl (C=O) groups excluding carboxylic acids is 1. The molecule has 1 amide bonds. The Morgan fingerprint density at radius 2 is 2.14 bits per heavy atom. The fourth-order valence-electron chi connectivity index (χ4n) is 6.62. The minimum atomic E-state index is -0.163. The quantitative estimate of drug-likeness (QED) is 0.765. The van der Waals surface area contributed by atoms with Crippen LogP contribution in [0.2, 0.25) is 0 Å². The molecule has 5 nitrogen and oxygen atoms in total. The van der Waals surface area contributed by atoms with E-state index >= 15 is 0 Å². The van der Waals surface area contributed by atoms with Gasteiger partial charge in [-0.1, -0.05) is 39.8 Å². The van der Waals surface area contributed by atoms with Gasteiger partial charge in [-0.2, -0.15) is 0 Å². The molecular formula is C24H35NO4. The maximum Gasteiger partial charge on any atom is 0.220 e. The Morgan fingerprint density at radius 1 is 1.38 bits per heavy atom. The highest BCUT2D eigenvalue weighted by Crippen LogP contribution is 2.70. The van der Waals surface area contributed by atoms with Crippen molar-refractivity contribution in [3.05, 3.63) is 23.8 Å². The van der Waals surface area contributed by atoms with Gasteiger partial charge in [0.25, 0.3) is 0 Å². The van der Waals surface area contributed by atoms with Crippen molar-refractivity contribution < 1.29 is 19.4 Å². The monoisotopic (exact) mass is 401 g/mol. The summed E-state index contributed by atoms with van der Waals surface area (Å²) in [7, 11) is 1.57. The summed E-state index contributed by atoms with van der Waals surface area (Å²) in [6.45, 7) is 9.45. The molecule has 0 unspecified atom stereocenters. The summed E-state index contributed by atoms with van der Waals surface area (Å²) >= 11 is 0. The average molecular weight is 402 g/mol. The molecule has 5 heteroatoms. The van der Waals surface area contributed by atoms with Gasteiger partial charge >= 0.3 is 0 Å². The van der Waals surface area contributed by atoms with Gasteiger partial charge in [0.1, 0.15) is 0 Å². The van der Waals surface area contributed by atoms with Gasteiger partial charge in [0.05, 0.1) is 13.2 Å². The largest absolute Gasteiger partial charge is 0.504 e. The summed E-state index contributed by atoms with van der Waals surface area (Å²) < 4.78 is 11.6. The molecule has 1 saturated heterocycles. The number of phenols is 1. The summed E-state index contributed by atoms with van der Waals surface area (Å²) in [5.74, 6) is 2.01. The van der Waals surface area contributed by atoms with Gasteiger partial charge < -0.3 is 19.9 Å². The molecule has 29 heavy (non-hydrogen) atoms. The first-order chi connectivity index (χ1) is 13.7. The number of benzene rings is 1. The number of amides is 1. The van der Waals surface area contributed by atoms with E-state index in [2.05, 4.69) is 33.0 Å². The van der Waals surface area contributed by atoms with Crippen LogP contribution in [0.5, 0.6) is 11.5 Å². The predicted octanol–water partition coefficient (Wildman–Crippen LogP) is 4.45. The van der Waals surface area contributed by atoms with Crippen molar-refractivity contribution in [1.29, 1.82) is 0 Å². The highest BCUT2D eigenvalue weighted by molar-refractivity contribution is 5.76. The van der Waals surface area contributed by atoms with E-state index in [0.717, 1.165) is 24.8 Å². The highest BCUT2D eigenvalue weighted by atomic mass is 16.5. The first-order valence-corrected chi connectivity index (χ1v) is 11.0. The Labute approximate surface area is 174 Å². The third kappa shape index (κ3) is 3.13. The molecule has 5 atom stereocenters. The van der Waals surface area contributed by atoms with Crippen molar-refractivity contribution in [3.63, 3.8) is 0 Å². The maximum absolute atomic E-state index is 12.7. The SMILES string of the molecule is COc1cccc([C@H]2OCC[C@@]34C[C@@H](C[C@H]23)C(C)(C)[C@@H]4NC(=O)CC(C)C)c1O. The van der Waals surface area contributed by atoms with Gasteiger partial charge in [0, 0.05) is 24.6 Å². The second-order valence-corrected chi connectivity index (χ2v) is 10.3. The lowest BCUT2D eigenvalue weighted by Crippen LogP contribution is -2.59. The summed E-state index contributed by atoms with van der Waals surface area (Å²) in [4.78, 5) is 12.7. The van der Waals surface area contributed by atoms with Crippen LogP contribution in [0.3, 0.4) is 0 Å². The third-order valence-electron chi connectivity index (χ3n) is 7.96. The number of methoxy groups -OCH3 is 1. The number of aromatic hydroxyl groups is 1. The second kappa shape index (κ2) is 7.19. The first-order valence-electron chi connectivity index (χ1n) is 11.0. The molecule has 0 radical (unpaired) electrons. The van der Waals surface area contributed by atoms with Crippen molar-refractivity contribution in [3.8, 4) is 11.5 Å². The zero-order valence-corrected chi connectivity index (χ0v) is 18.3. The average Bonchev–Trinajstić information content (AvgIpc) is 3.14. The normalized spacial score (nSPS) is 34.8. The lowest BCUT2D eigenvalue weighted by molar-refractivity contribution is -0.138. The molecule has 2 bridgehead atoms. The maximum atomic E-state index is 12.7. The molecule has 2 N–H and O–H groups in total. The number of fused-ring (bicyclic) bond motifs is 1. The standard InChI is InChI=1S/C24H35NO4/c1-14(2)11-19(26)25-22-23(3,4)15-12-17-21(29-10-9-24(17,22)13-15)16-7-6-8-18(28-5)20(16)27/h6-8,14-15,17,21-22,27H,9-13H2,1-5H3,(H,25,26)/t15-,17-,21-,22+,24-/m1/s1. The highest BCUT2D eigenvalue weighted by Gasteiger charge is 2.68. The number of rotatable bonds is 5. The van der Waals surface area contributed by atoms with Crippen LogP contribution in [0.25, 0.3) is 0 Å². The van der Waals surface area contributed by atoms with Crippen LogP contribution in [-0.2, 0) is 9.53 Å². The van der Waals surface area contributed by atoms with Crippen molar-refractivity contribution in [2.45, 2.75) is 65.5 Å². The summed E-state index contributed by atoms with van der Waals surface area (Å²) in [5.41, 5.74) is 0.909. The van der Waals surface area contributed by atoms with Gasteiger partial charge in [-0.05, 0) is 53.9 Å². The van der Waals surface area contributed by atoms with E-state index in [4.69, 9.17) is 9.47 Å².